The molecule has 4 heteroatoms. The SMILES string of the molecule is COC(=O)c1ccc(O)c(C)c1C#N. The van der Waals surface area contributed by atoms with Crippen molar-refractivity contribution < 1.29 is 14.6 Å². The molecule has 0 radical (unpaired) electrons. The summed E-state index contributed by atoms with van der Waals surface area (Å²) in [5, 5.41) is 18.1. The van der Waals surface area contributed by atoms with Gasteiger partial charge in [0.25, 0.3) is 0 Å². The summed E-state index contributed by atoms with van der Waals surface area (Å²) in [7, 11) is 1.24. The minimum Gasteiger partial charge on any atom is -0.508 e. The van der Waals surface area contributed by atoms with Crippen LogP contribution in [0.25, 0.3) is 0 Å². The summed E-state index contributed by atoms with van der Waals surface area (Å²) in [5.41, 5.74) is 0.706. The standard InChI is InChI=1S/C10H9NO3/c1-6-8(5-11)7(10(13)14-2)3-4-9(6)12/h3-4,12H,1-2H3. The maximum absolute atomic E-state index is 11.2. The van der Waals surface area contributed by atoms with E-state index in [4.69, 9.17) is 5.26 Å². The molecule has 1 rings (SSSR count). The Morgan fingerprint density at radius 3 is 2.71 bits per heavy atom. The molecule has 1 N–H and O–H groups in total. The molecule has 0 saturated carbocycles. The molecule has 0 spiro atoms. The zero-order valence-corrected chi connectivity index (χ0v) is 7.87. The van der Waals surface area contributed by atoms with E-state index in [1.165, 1.54) is 19.2 Å². The van der Waals surface area contributed by atoms with Gasteiger partial charge in [-0.25, -0.2) is 4.79 Å². The Labute approximate surface area is 81.4 Å². The van der Waals surface area contributed by atoms with Crippen molar-refractivity contribution in [3.8, 4) is 11.8 Å². The lowest BCUT2D eigenvalue weighted by molar-refractivity contribution is 0.0600. The molecule has 0 aromatic heterocycles. The summed E-state index contributed by atoms with van der Waals surface area (Å²) < 4.78 is 4.50. The molecule has 72 valence electrons. The minimum absolute atomic E-state index is 0.00537. The van der Waals surface area contributed by atoms with E-state index in [2.05, 4.69) is 4.74 Å². The van der Waals surface area contributed by atoms with Gasteiger partial charge in [-0.15, -0.1) is 0 Å². The van der Waals surface area contributed by atoms with Crippen molar-refractivity contribution in [3.05, 3.63) is 28.8 Å². The Bertz CT molecular complexity index is 418. The Hall–Kier alpha value is -2.02. The van der Waals surface area contributed by atoms with E-state index in [-0.39, 0.29) is 16.9 Å². The van der Waals surface area contributed by atoms with Crippen LogP contribution in [-0.2, 0) is 4.74 Å². The summed E-state index contributed by atoms with van der Waals surface area (Å²) >= 11 is 0. The van der Waals surface area contributed by atoms with Crippen LogP contribution < -0.4 is 0 Å². The van der Waals surface area contributed by atoms with Gasteiger partial charge in [-0.2, -0.15) is 5.26 Å². The fourth-order valence-corrected chi connectivity index (χ4v) is 1.12. The van der Waals surface area contributed by atoms with Gasteiger partial charge in [0.2, 0.25) is 0 Å². The first-order chi connectivity index (χ1) is 6.61. The van der Waals surface area contributed by atoms with Crippen molar-refractivity contribution in [2.75, 3.05) is 7.11 Å². The number of nitriles is 1. The lowest BCUT2D eigenvalue weighted by Crippen LogP contribution is -2.05. The second kappa shape index (κ2) is 3.79. The molecular weight excluding hydrogens is 182 g/mol. The molecule has 0 amide bonds. The zero-order valence-electron chi connectivity index (χ0n) is 7.87. The number of carbonyl (C=O) groups excluding carboxylic acids is 1. The van der Waals surface area contributed by atoms with E-state index in [9.17, 15) is 9.90 Å². The summed E-state index contributed by atoms with van der Waals surface area (Å²) in [6.45, 7) is 1.57. The number of esters is 1. The van der Waals surface area contributed by atoms with E-state index in [0.29, 0.717) is 5.56 Å². The number of phenolic OH excluding ortho intramolecular Hbond substituents is 1. The van der Waals surface area contributed by atoms with Crippen LogP contribution >= 0.6 is 0 Å². The van der Waals surface area contributed by atoms with Crippen LogP contribution in [0.3, 0.4) is 0 Å². The van der Waals surface area contributed by atoms with Crippen molar-refractivity contribution in [1.82, 2.24) is 0 Å². The van der Waals surface area contributed by atoms with Gasteiger partial charge in [-0.05, 0) is 19.1 Å². The number of carbonyl (C=O) groups is 1. The van der Waals surface area contributed by atoms with Crippen LogP contribution in [0.1, 0.15) is 21.5 Å². The molecular formula is C10H9NO3. The van der Waals surface area contributed by atoms with Gasteiger partial charge in [0.1, 0.15) is 11.8 Å². The zero-order chi connectivity index (χ0) is 10.7. The van der Waals surface area contributed by atoms with E-state index in [0.717, 1.165) is 0 Å². The molecule has 0 fully saturated rings. The van der Waals surface area contributed by atoms with Crippen LogP contribution in [0.5, 0.6) is 5.75 Å². The molecule has 0 aliphatic carbocycles. The predicted octanol–water partition coefficient (Wildman–Crippen LogP) is 1.36. The number of hydrogen-bond acceptors (Lipinski definition) is 4. The maximum Gasteiger partial charge on any atom is 0.339 e. The first kappa shape index (κ1) is 10.1. The van der Waals surface area contributed by atoms with Crippen molar-refractivity contribution >= 4 is 5.97 Å². The second-order valence-corrected chi connectivity index (χ2v) is 2.74. The third-order valence-electron chi connectivity index (χ3n) is 1.95. The van der Waals surface area contributed by atoms with E-state index in [1.54, 1.807) is 6.92 Å². The van der Waals surface area contributed by atoms with Crippen LogP contribution in [0.2, 0.25) is 0 Å². The first-order valence-electron chi connectivity index (χ1n) is 3.92. The summed E-state index contributed by atoms with van der Waals surface area (Å²) in [4.78, 5) is 11.2. The molecule has 14 heavy (non-hydrogen) atoms. The number of hydrogen-bond donors (Lipinski definition) is 1. The molecule has 0 aliphatic heterocycles. The average molecular weight is 191 g/mol. The molecule has 0 saturated heterocycles. The van der Waals surface area contributed by atoms with Gasteiger partial charge in [0.15, 0.2) is 0 Å². The highest BCUT2D eigenvalue weighted by molar-refractivity contribution is 5.93. The first-order valence-corrected chi connectivity index (χ1v) is 3.92. The Kier molecular flexibility index (Phi) is 2.73. The molecule has 0 aliphatic rings. The molecule has 0 bridgehead atoms. The second-order valence-electron chi connectivity index (χ2n) is 2.74. The molecule has 4 nitrogen and oxygen atoms in total. The third-order valence-corrected chi connectivity index (χ3v) is 1.95. The summed E-state index contributed by atoms with van der Waals surface area (Å²) in [6, 6.07) is 4.59. The predicted molar refractivity (Wildman–Crippen MR) is 48.9 cm³/mol. The third kappa shape index (κ3) is 1.52. The van der Waals surface area contributed by atoms with Crippen molar-refractivity contribution in [3.63, 3.8) is 0 Å². The number of rotatable bonds is 1. The highest BCUT2D eigenvalue weighted by Crippen LogP contribution is 2.23. The van der Waals surface area contributed by atoms with Gasteiger partial charge in [0.05, 0.1) is 18.2 Å². The van der Waals surface area contributed by atoms with E-state index < -0.39 is 5.97 Å². The van der Waals surface area contributed by atoms with Gasteiger partial charge >= 0.3 is 5.97 Å². The topological polar surface area (TPSA) is 70.3 Å². The normalized spacial score (nSPS) is 9.21. The van der Waals surface area contributed by atoms with E-state index >= 15 is 0 Å². The monoisotopic (exact) mass is 191 g/mol. The van der Waals surface area contributed by atoms with Gasteiger partial charge in [0, 0.05) is 5.56 Å². The molecule has 1 aromatic rings. The van der Waals surface area contributed by atoms with Crippen LogP contribution in [0.15, 0.2) is 12.1 Å². The molecule has 0 heterocycles. The lowest BCUT2D eigenvalue weighted by atomic mass is 10.0. The maximum atomic E-state index is 11.2. The molecule has 0 atom stereocenters. The number of benzene rings is 1. The molecule has 1 aromatic carbocycles. The van der Waals surface area contributed by atoms with Crippen molar-refractivity contribution in [2.24, 2.45) is 0 Å². The Morgan fingerprint density at radius 2 is 2.21 bits per heavy atom. The quantitative estimate of drug-likeness (QED) is 0.680. The highest BCUT2D eigenvalue weighted by atomic mass is 16.5. The van der Waals surface area contributed by atoms with Gasteiger partial charge in [-0.1, -0.05) is 0 Å². The number of phenols is 1. The number of nitrogens with zero attached hydrogens (tertiary/aromatic N) is 1. The van der Waals surface area contributed by atoms with Crippen LogP contribution in [0.4, 0.5) is 0 Å². The number of ether oxygens (including phenoxy) is 1. The lowest BCUT2D eigenvalue weighted by Gasteiger charge is -2.05. The number of methoxy groups -OCH3 is 1. The Balaban J connectivity index is 3.40. The van der Waals surface area contributed by atoms with Crippen molar-refractivity contribution in [1.29, 1.82) is 5.26 Å². The fraction of sp³-hybridized carbons (Fsp3) is 0.200. The van der Waals surface area contributed by atoms with Crippen LogP contribution in [0, 0.1) is 18.3 Å². The largest absolute Gasteiger partial charge is 0.508 e. The minimum atomic E-state index is -0.579. The summed E-state index contributed by atoms with van der Waals surface area (Å²) in [5.74, 6) is -0.584. The van der Waals surface area contributed by atoms with Gasteiger partial charge in [-0.3, -0.25) is 0 Å². The average Bonchev–Trinajstić information content (AvgIpc) is 2.20. The van der Waals surface area contributed by atoms with Crippen molar-refractivity contribution in [2.45, 2.75) is 6.92 Å². The Morgan fingerprint density at radius 1 is 1.57 bits per heavy atom. The summed E-state index contributed by atoms with van der Waals surface area (Å²) in [6.07, 6.45) is 0. The number of aromatic hydroxyl groups is 1. The van der Waals surface area contributed by atoms with Crippen LogP contribution in [-0.4, -0.2) is 18.2 Å². The van der Waals surface area contributed by atoms with Gasteiger partial charge < -0.3 is 9.84 Å². The fourth-order valence-electron chi connectivity index (χ4n) is 1.12. The van der Waals surface area contributed by atoms with E-state index in [1.807, 2.05) is 6.07 Å². The smallest absolute Gasteiger partial charge is 0.339 e. The highest BCUT2D eigenvalue weighted by Gasteiger charge is 2.15. The molecule has 0 unspecified atom stereocenters.